The van der Waals surface area contributed by atoms with E-state index in [1.807, 2.05) is 18.2 Å². The van der Waals surface area contributed by atoms with Gasteiger partial charge in [-0.05, 0) is 43.2 Å². The molecule has 2 aliphatic heterocycles. The van der Waals surface area contributed by atoms with E-state index in [4.69, 9.17) is 4.74 Å². The fourth-order valence-corrected chi connectivity index (χ4v) is 3.84. The SMILES string of the molecule is O=C1c2ccccc2N[C@H](c2cc(Br)ccc2F)N1C[C@H]1CCCO1. The minimum absolute atomic E-state index is 0.00581. The Hall–Kier alpha value is -1.92. The number of fused-ring (bicyclic) bond motifs is 1. The molecule has 6 heteroatoms. The summed E-state index contributed by atoms with van der Waals surface area (Å²) in [6, 6.07) is 12.1. The number of nitrogens with one attached hydrogen (secondary N) is 1. The molecule has 1 saturated heterocycles. The number of carbonyl (C=O) groups excluding carboxylic acids is 1. The fourth-order valence-electron chi connectivity index (χ4n) is 3.46. The molecule has 1 fully saturated rings. The van der Waals surface area contributed by atoms with Crippen molar-refractivity contribution in [2.24, 2.45) is 0 Å². The van der Waals surface area contributed by atoms with Crippen LogP contribution in [0, 0.1) is 5.82 Å². The number of halogens is 2. The highest BCUT2D eigenvalue weighted by Gasteiger charge is 2.36. The smallest absolute Gasteiger partial charge is 0.257 e. The van der Waals surface area contributed by atoms with Crippen molar-refractivity contribution < 1.29 is 13.9 Å². The van der Waals surface area contributed by atoms with E-state index in [2.05, 4.69) is 21.2 Å². The van der Waals surface area contributed by atoms with Crippen LogP contribution in [0.3, 0.4) is 0 Å². The van der Waals surface area contributed by atoms with Gasteiger partial charge in [-0.1, -0.05) is 28.1 Å². The van der Waals surface area contributed by atoms with Crippen LogP contribution in [0.5, 0.6) is 0 Å². The van der Waals surface area contributed by atoms with Crippen molar-refractivity contribution in [3.8, 4) is 0 Å². The van der Waals surface area contributed by atoms with Crippen LogP contribution in [-0.2, 0) is 4.74 Å². The summed E-state index contributed by atoms with van der Waals surface area (Å²) in [6.45, 7) is 1.16. The minimum atomic E-state index is -0.566. The molecule has 25 heavy (non-hydrogen) atoms. The molecule has 2 aromatic carbocycles. The quantitative estimate of drug-likeness (QED) is 0.827. The van der Waals surface area contributed by atoms with Gasteiger partial charge in [0.25, 0.3) is 5.91 Å². The van der Waals surface area contributed by atoms with Gasteiger partial charge in [-0.25, -0.2) is 4.39 Å². The first kappa shape index (κ1) is 16.5. The Morgan fingerprint density at radius 2 is 2.12 bits per heavy atom. The Labute approximate surface area is 154 Å². The molecular formula is C19H18BrFN2O2. The topological polar surface area (TPSA) is 41.6 Å². The van der Waals surface area contributed by atoms with Gasteiger partial charge in [-0.3, -0.25) is 4.79 Å². The molecule has 0 unspecified atom stereocenters. The van der Waals surface area contributed by atoms with Crippen LogP contribution in [0.1, 0.15) is 34.9 Å². The lowest BCUT2D eigenvalue weighted by molar-refractivity contribution is 0.0423. The molecule has 0 radical (unpaired) electrons. The number of benzene rings is 2. The summed E-state index contributed by atoms with van der Waals surface area (Å²) in [7, 11) is 0. The van der Waals surface area contributed by atoms with Gasteiger partial charge in [-0.2, -0.15) is 0 Å². The normalized spacial score (nSPS) is 22.6. The maximum atomic E-state index is 14.5. The van der Waals surface area contributed by atoms with E-state index in [0.29, 0.717) is 24.3 Å². The Balaban J connectivity index is 1.75. The van der Waals surface area contributed by atoms with Crippen LogP contribution < -0.4 is 5.32 Å². The molecule has 0 spiro atoms. The monoisotopic (exact) mass is 404 g/mol. The molecule has 1 N–H and O–H groups in total. The second-order valence-electron chi connectivity index (χ2n) is 6.35. The predicted octanol–water partition coefficient (Wildman–Crippen LogP) is 4.33. The van der Waals surface area contributed by atoms with E-state index in [0.717, 1.165) is 23.0 Å². The fraction of sp³-hybridized carbons (Fsp3) is 0.316. The molecule has 2 aliphatic rings. The highest BCUT2D eigenvalue weighted by atomic mass is 79.9. The van der Waals surface area contributed by atoms with Crippen molar-refractivity contribution in [3.63, 3.8) is 0 Å². The van der Waals surface area contributed by atoms with Crippen LogP contribution in [0.15, 0.2) is 46.9 Å². The number of hydrogen-bond acceptors (Lipinski definition) is 3. The van der Waals surface area contributed by atoms with Crippen molar-refractivity contribution in [2.75, 3.05) is 18.5 Å². The van der Waals surface area contributed by atoms with E-state index in [-0.39, 0.29) is 17.8 Å². The van der Waals surface area contributed by atoms with Crippen molar-refractivity contribution in [2.45, 2.75) is 25.1 Å². The first-order valence-corrected chi connectivity index (χ1v) is 9.16. The van der Waals surface area contributed by atoms with Crippen molar-refractivity contribution in [1.82, 2.24) is 4.90 Å². The number of anilines is 1. The van der Waals surface area contributed by atoms with E-state index in [1.54, 1.807) is 23.1 Å². The lowest BCUT2D eigenvalue weighted by Crippen LogP contribution is -2.46. The van der Waals surface area contributed by atoms with Crippen LogP contribution >= 0.6 is 15.9 Å². The van der Waals surface area contributed by atoms with Gasteiger partial charge in [0.15, 0.2) is 0 Å². The molecule has 0 aromatic heterocycles. The zero-order chi connectivity index (χ0) is 17.4. The number of nitrogens with zero attached hydrogens (tertiary/aromatic N) is 1. The molecule has 0 bridgehead atoms. The number of amides is 1. The summed E-state index contributed by atoms with van der Waals surface area (Å²) in [4.78, 5) is 14.8. The summed E-state index contributed by atoms with van der Waals surface area (Å²) in [5.41, 5.74) is 1.77. The van der Waals surface area contributed by atoms with Gasteiger partial charge >= 0.3 is 0 Å². The Kier molecular flexibility index (Phi) is 4.48. The summed E-state index contributed by atoms with van der Waals surface area (Å²) >= 11 is 3.40. The minimum Gasteiger partial charge on any atom is -0.376 e. The lowest BCUT2D eigenvalue weighted by atomic mass is 10.0. The van der Waals surface area contributed by atoms with Crippen LogP contribution in [0.4, 0.5) is 10.1 Å². The second-order valence-corrected chi connectivity index (χ2v) is 7.27. The summed E-state index contributed by atoms with van der Waals surface area (Å²) in [5.74, 6) is -0.445. The zero-order valence-corrected chi connectivity index (χ0v) is 15.1. The molecule has 4 nitrogen and oxygen atoms in total. The van der Waals surface area contributed by atoms with Gasteiger partial charge in [0.2, 0.25) is 0 Å². The molecule has 2 heterocycles. The third-order valence-electron chi connectivity index (χ3n) is 4.70. The summed E-state index contributed by atoms with van der Waals surface area (Å²) in [5, 5.41) is 3.32. The van der Waals surface area contributed by atoms with E-state index in [1.165, 1.54) is 6.07 Å². The van der Waals surface area contributed by atoms with Crippen molar-refractivity contribution >= 4 is 27.5 Å². The number of para-hydroxylation sites is 1. The number of ether oxygens (including phenoxy) is 1. The van der Waals surface area contributed by atoms with Gasteiger partial charge in [0, 0.05) is 28.9 Å². The summed E-state index contributed by atoms with van der Waals surface area (Å²) < 4.78 is 21.0. The number of hydrogen-bond donors (Lipinski definition) is 1. The number of carbonyl (C=O) groups is 1. The highest BCUT2D eigenvalue weighted by molar-refractivity contribution is 9.10. The van der Waals surface area contributed by atoms with Crippen molar-refractivity contribution in [1.29, 1.82) is 0 Å². The van der Waals surface area contributed by atoms with E-state index < -0.39 is 6.17 Å². The molecule has 2 aromatic rings. The standard InChI is InChI=1S/C19H18BrFN2O2/c20-12-7-8-16(21)15(10-12)18-22-17-6-2-1-5-14(17)19(24)23(18)11-13-4-3-9-25-13/h1-2,5-8,10,13,18,22H,3-4,9,11H2/t13-,18+/m1/s1. The van der Waals surface area contributed by atoms with Crippen molar-refractivity contribution in [3.05, 3.63) is 63.9 Å². The third kappa shape index (κ3) is 3.16. The molecule has 4 rings (SSSR count). The molecular weight excluding hydrogens is 387 g/mol. The Morgan fingerprint density at radius 1 is 1.28 bits per heavy atom. The molecule has 2 atom stereocenters. The Morgan fingerprint density at radius 3 is 2.92 bits per heavy atom. The first-order valence-electron chi connectivity index (χ1n) is 8.36. The highest BCUT2D eigenvalue weighted by Crippen LogP contribution is 2.35. The lowest BCUT2D eigenvalue weighted by Gasteiger charge is -2.39. The van der Waals surface area contributed by atoms with Gasteiger partial charge in [0.05, 0.1) is 11.7 Å². The van der Waals surface area contributed by atoms with Gasteiger partial charge in [0.1, 0.15) is 12.0 Å². The predicted molar refractivity (Wildman–Crippen MR) is 96.9 cm³/mol. The maximum Gasteiger partial charge on any atom is 0.257 e. The van der Waals surface area contributed by atoms with Crippen LogP contribution in [0.25, 0.3) is 0 Å². The van der Waals surface area contributed by atoms with E-state index >= 15 is 0 Å². The number of rotatable bonds is 3. The average Bonchev–Trinajstić information content (AvgIpc) is 3.13. The average molecular weight is 405 g/mol. The van der Waals surface area contributed by atoms with E-state index in [9.17, 15) is 9.18 Å². The zero-order valence-electron chi connectivity index (χ0n) is 13.5. The molecule has 0 aliphatic carbocycles. The largest absolute Gasteiger partial charge is 0.376 e. The Bertz CT molecular complexity index is 808. The molecule has 0 saturated carbocycles. The molecule has 1 amide bonds. The first-order chi connectivity index (χ1) is 12.1. The van der Waals surface area contributed by atoms with Gasteiger partial charge in [-0.15, -0.1) is 0 Å². The van der Waals surface area contributed by atoms with Crippen LogP contribution in [0.2, 0.25) is 0 Å². The maximum absolute atomic E-state index is 14.5. The summed E-state index contributed by atoms with van der Waals surface area (Å²) in [6.07, 6.45) is 1.34. The second kappa shape index (κ2) is 6.77. The van der Waals surface area contributed by atoms with Crippen LogP contribution in [-0.4, -0.2) is 30.1 Å². The molecule has 130 valence electrons. The third-order valence-corrected chi connectivity index (χ3v) is 5.19. The van der Waals surface area contributed by atoms with Gasteiger partial charge < -0.3 is 15.0 Å².